The number of nitro groups is 1. The van der Waals surface area contributed by atoms with E-state index in [-0.39, 0.29) is 10.6 Å². The molecule has 0 bridgehead atoms. The highest BCUT2D eigenvalue weighted by Crippen LogP contribution is 2.25. The number of hydrogen-bond acceptors (Lipinski definition) is 5. The van der Waals surface area contributed by atoms with Crippen LogP contribution in [-0.2, 0) is 11.3 Å². The highest BCUT2D eigenvalue weighted by atomic mass is 16.6. The van der Waals surface area contributed by atoms with Crippen LogP contribution in [0, 0.1) is 16.0 Å². The Labute approximate surface area is 126 Å². The largest absolute Gasteiger partial charge is 0.383 e. The third-order valence-electron chi connectivity index (χ3n) is 3.17. The van der Waals surface area contributed by atoms with E-state index in [1.165, 1.54) is 0 Å². The summed E-state index contributed by atoms with van der Waals surface area (Å²) in [5.41, 5.74) is 1.60. The van der Waals surface area contributed by atoms with Crippen molar-refractivity contribution in [2.24, 2.45) is 5.92 Å². The predicted molar refractivity (Wildman–Crippen MR) is 84.6 cm³/mol. The van der Waals surface area contributed by atoms with Gasteiger partial charge in [-0.15, -0.1) is 0 Å². The second-order valence-electron chi connectivity index (χ2n) is 5.48. The van der Waals surface area contributed by atoms with Gasteiger partial charge in [0.05, 0.1) is 11.5 Å². The average Bonchev–Trinajstić information content (AvgIpc) is 2.44. The first-order valence-corrected chi connectivity index (χ1v) is 7.14. The molecule has 1 rings (SSSR count). The summed E-state index contributed by atoms with van der Waals surface area (Å²) in [7, 11) is 3.37. The molecule has 0 atom stereocenters. The van der Waals surface area contributed by atoms with Crippen LogP contribution in [0.25, 0.3) is 0 Å². The fraction of sp³-hybridized carbons (Fsp3) is 0.600. The standard InChI is InChI=1S/C15H25N3O3/c1-12(2)10-17(7-8-21-4)11-13-5-6-14(16-3)15(9-13)18(19)20/h5-6,9,12,16H,7-8,10-11H2,1-4H3. The minimum atomic E-state index is -0.350. The van der Waals surface area contributed by atoms with Gasteiger partial charge in [0, 0.05) is 39.9 Å². The van der Waals surface area contributed by atoms with Crippen LogP contribution in [0.5, 0.6) is 0 Å². The number of nitro benzene ring substituents is 1. The van der Waals surface area contributed by atoms with Crippen molar-refractivity contribution >= 4 is 11.4 Å². The first kappa shape index (κ1) is 17.4. The molecule has 1 aromatic rings. The van der Waals surface area contributed by atoms with Gasteiger partial charge in [-0.05, 0) is 17.5 Å². The lowest BCUT2D eigenvalue weighted by Crippen LogP contribution is -2.30. The normalized spacial score (nSPS) is 11.1. The number of nitrogens with one attached hydrogen (secondary N) is 1. The third kappa shape index (κ3) is 5.69. The minimum absolute atomic E-state index is 0.117. The van der Waals surface area contributed by atoms with E-state index in [4.69, 9.17) is 4.74 Å². The van der Waals surface area contributed by atoms with Crippen LogP contribution in [0.2, 0.25) is 0 Å². The van der Waals surface area contributed by atoms with Gasteiger partial charge in [0.1, 0.15) is 5.69 Å². The zero-order chi connectivity index (χ0) is 15.8. The van der Waals surface area contributed by atoms with Gasteiger partial charge in [-0.3, -0.25) is 15.0 Å². The van der Waals surface area contributed by atoms with Crippen molar-refractivity contribution in [3.8, 4) is 0 Å². The van der Waals surface area contributed by atoms with Crippen molar-refractivity contribution in [3.05, 3.63) is 33.9 Å². The first-order chi connectivity index (χ1) is 9.97. The number of methoxy groups -OCH3 is 1. The lowest BCUT2D eigenvalue weighted by molar-refractivity contribution is -0.384. The number of ether oxygens (including phenoxy) is 1. The molecule has 1 N–H and O–H groups in total. The lowest BCUT2D eigenvalue weighted by atomic mass is 10.1. The molecule has 0 saturated heterocycles. The van der Waals surface area contributed by atoms with Gasteiger partial charge in [0.25, 0.3) is 5.69 Å². The van der Waals surface area contributed by atoms with Crippen molar-refractivity contribution in [2.75, 3.05) is 39.2 Å². The smallest absolute Gasteiger partial charge is 0.292 e. The zero-order valence-electron chi connectivity index (χ0n) is 13.3. The second kappa shape index (κ2) is 8.59. The maximum Gasteiger partial charge on any atom is 0.292 e. The molecule has 1 aromatic carbocycles. The van der Waals surface area contributed by atoms with Gasteiger partial charge in [0.15, 0.2) is 0 Å². The van der Waals surface area contributed by atoms with E-state index in [1.807, 2.05) is 6.07 Å². The summed E-state index contributed by atoms with van der Waals surface area (Å²) < 4.78 is 5.13. The Hall–Kier alpha value is -1.66. The molecule has 0 radical (unpaired) electrons. The second-order valence-corrected chi connectivity index (χ2v) is 5.48. The quantitative estimate of drug-likeness (QED) is 0.560. The molecule has 0 spiro atoms. The maximum absolute atomic E-state index is 11.1. The van der Waals surface area contributed by atoms with E-state index < -0.39 is 0 Å². The molecule has 0 saturated carbocycles. The van der Waals surface area contributed by atoms with Crippen LogP contribution in [0.15, 0.2) is 18.2 Å². The SMILES string of the molecule is CNc1ccc(CN(CCOC)CC(C)C)cc1[N+](=O)[O-]. The van der Waals surface area contributed by atoms with Gasteiger partial charge in [0.2, 0.25) is 0 Å². The Morgan fingerprint density at radius 1 is 1.43 bits per heavy atom. The van der Waals surface area contributed by atoms with E-state index in [9.17, 15) is 10.1 Å². The summed E-state index contributed by atoms with van der Waals surface area (Å²) in [5, 5.41) is 13.9. The summed E-state index contributed by atoms with van der Waals surface area (Å²) >= 11 is 0. The van der Waals surface area contributed by atoms with Crippen LogP contribution < -0.4 is 5.32 Å². The highest BCUT2D eigenvalue weighted by Gasteiger charge is 2.15. The summed E-state index contributed by atoms with van der Waals surface area (Å²) in [6, 6.07) is 5.34. The van der Waals surface area contributed by atoms with E-state index in [1.54, 1.807) is 26.3 Å². The van der Waals surface area contributed by atoms with E-state index in [0.717, 1.165) is 18.7 Å². The van der Waals surface area contributed by atoms with Crippen LogP contribution in [0.3, 0.4) is 0 Å². The van der Waals surface area contributed by atoms with Crippen LogP contribution in [-0.4, -0.2) is 43.7 Å². The third-order valence-corrected chi connectivity index (χ3v) is 3.17. The predicted octanol–water partition coefficient (Wildman–Crippen LogP) is 2.74. The number of anilines is 1. The fourth-order valence-electron chi connectivity index (χ4n) is 2.27. The molecule has 0 aliphatic heterocycles. The number of nitrogens with zero attached hydrogens (tertiary/aromatic N) is 2. The summed E-state index contributed by atoms with van der Waals surface area (Å²) in [6.45, 7) is 7.41. The molecule has 0 aliphatic rings. The lowest BCUT2D eigenvalue weighted by Gasteiger charge is -2.24. The van der Waals surface area contributed by atoms with E-state index >= 15 is 0 Å². The molecule has 0 aromatic heterocycles. The minimum Gasteiger partial charge on any atom is -0.383 e. The Kier molecular flexibility index (Phi) is 7.11. The van der Waals surface area contributed by atoms with Gasteiger partial charge < -0.3 is 10.1 Å². The van der Waals surface area contributed by atoms with E-state index in [2.05, 4.69) is 24.1 Å². The molecule has 0 fully saturated rings. The maximum atomic E-state index is 11.1. The highest BCUT2D eigenvalue weighted by molar-refractivity contribution is 5.62. The average molecular weight is 295 g/mol. The zero-order valence-corrected chi connectivity index (χ0v) is 13.3. The summed E-state index contributed by atoms with van der Waals surface area (Å²) in [5.74, 6) is 0.536. The molecular weight excluding hydrogens is 270 g/mol. The van der Waals surface area contributed by atoms with Gasteiger partial charge in [-0.2, -0.15) is 0 Å². The Morgan fingerprint density at radius 2 is 2.14 bits per heavy atom. The monoisotopic (exact) mass is 295 g/mol. The van der Waals surface area contributed by atoms with Gasteiger partial charge >= 0.3 is 0 Å². The molecule has 6 nitrogen and oxygen atoms in total. The number of hydrogen-bond donors (Lipinski definition) is 1. The molecule has 0 amide bonds. The van der Waals surface area contributed by atoms with Crippen molar-refractivity contribution in [2.45, 2.75) is 20.4 Å². The van der Waals surface area contributed by atoms with Crippen molar-refractivity contribution in [1.82, 2.24) is 4.90 Å². The van der Waals surface area contributed by atoms with Gasteiger partial charge in [-0.25, -0.2) is 0 Å². The van der Waals surface area contributed by atoms with Gasteiger partial charge in [-0.1, -0.05) is 19.9 Å². The Morgan fingerprint density at radius 3 is 2.67 bits per heavy atom. The molecule has 0 heterocycles. The topological polar surface area (TPSA) is 67.6 Å². The molecule has 118 valence electrons. The number of rotatable bonds is 9. The van der Waals surface area contributed by atoms with Crippen LogP contribution in [0.1, 0.15) is 19.4 Å². The molecule has 6 heteroatoms. The number of benzene rings is 1. The Balaban J connectivity index is 2.87. The summed E-state index contributed by atoms with van der Waals surface area (Å²) in [6.07, 6.45) is 0. The first-order valence-electron chi connectivity index (χ1n) is 7.14. The van der Waals surface area contributed by atoms with Crippen molar-refractivity contribution in [1.29, 1.82) is 0 Å². The molecule has 21 heavy (non-hydrogen) atoms. The van der Waals surface area contributed by atoms with Crippen LogP contribution in [0.4, 0.5) is 11.4 Å². The fourth-order valence-corrected chi connectivity index (χ4v) is 2.27. The van der Waals surface area contributed by atoms with Crippen LogP contribution >= 0.6 is 0 Å². The molecule has 0 unspecified atom stereocenters. The van der Waals surface area contributed by atoms with Crippen molar-refractivity contribution < 1.29 is 9.66 Å². The van der Waals surface area contributed by atoms with E-state index in [0.29, 0.717) is 24.8 Å². The molecule has 0 aliphatic carbocycles. The van der Waals surface area contributed by atoms with Crippen molar-refractivity contribution in [3.63, 3.8) is 0 Å². The Bertz CT molecular complexity index is 463. The summed E-state index contributed by atoms with van der Waals surface area (Å²) in [4.78, 5) is 13.0. The molecular formula is C15H25N3O3.